The first-order valence-electron chi connectivity index (χ1n) is 13.2. The van der Waals surface area contributed by atoms with Crippen LogP contribution in [0, 0.1) is 36.0 Å². The largest absolute Gasteiger partial charge is 0.391 e. The molecule has 36 heavy (non-hydrogen) atoms. The third-order valence-electron chi connectivity index (χ3n) is 8.44. The molecule has 0 bridgehead atoms. The number of hydrogen-bond donors (Lipinski definition) is 0. The summed E-state index contributed by atoms with van der Waals surface area (Å²) < 4.78 is 80.1. The van der Waals surface area contributed by atoms with Gasteiger partial charge in [0.2, 0.25) is 5.91 Å². The molecule has 206 valence electrons. The number of rotatable bonds is 7. The van der Waals surface area contributed by atoms with Crippen molar-refractivity contribution in [3.63, 3.8) is 0 Å². The van der Waals surface area contributed by atoms with Crippen molar-refractivity contribution in [3.8, 4) is 12.3 Å². The predicted molar refractivity (Wildman–Crippen MR) is 126 cm³/mol. The van der Waals surface area contributed by atoms with Crippen LogP contribution in [0.4, 0.5) is 26.3 Å². The summed E-state index contributed by atoms with van der Waals surface area (Å²) in [7, 11) is 1.64. The number of carbonyl (C=O) groups excluding carboxylic acids is 1. The molecule has 10 heteroatoms. The monoisotopic (exact) mass is 523 g/mol. The lowest BCUT2D eigenvalue weighted by Crippen LogP contribution is -2.58. The van der Waals surface area contributed by atoms with Crippen molar-refractivity contribution in [2.24, 2.45) is 23.7 Å². The van der Waals surface area contributed by atoms with E-state index in [0.29, 0.717) is 19.6 Å². The van der Waals surface area contributed by atoms with Gasteiger partial charge in [-0.1, -0.05) is 25.2 Å². The van der Waals surface area contributed by atoms with Crippen LogP contribution in [0.2, 0.25) is 0 Å². The number of carbonyl (C=O) groups is 1. The van der Waals surface area contributed by atoms with Gasteiger partial charge in [0.05, 0.1) is 24.4 Å². The topological polar surface area (TPSA) is 26.8 Å². The third-order valence-corrected chi connectivity index (χ3v) is 8.44. The molecule has 2 aliphatic carbocycles. The lowest BCUT2D eigenvalue weighted by atomic mass is 9.73. The highest BCUT2D eigenvalue weighted by molar-refractivity contribution is 5.82. The quantitative estimate of drug-likeness (QED) is 0.340. The van der Waals surface area contributed by atoms with Gasteiger partial charge in [-0.05, 0) is 50.4 Å². The minimum Gasteiger partial charge on any atom is -0.344 e. The van der Waals surface area contributed by atoms with Crippen molar-refractivity contribution >= 4 is 5.91 Å². The number of halogens is 6. The average molecular weight is 524 g/mol. The fraction of sp³-hybridized carbons (Fsp3) is 0.885. The van der Waals surface area contributed by atoms with Gasteiger partial charge in [-0.3, -0.25) is 14.6 Å². The van der Waals surface area contributed by atoms with Gasteiger partial charge in [0.25, 0.3) is 0 Å². The fourth-order valence-corrected chi connectivity index (χ4v) is 6.35. The molecule has 3 unspecified atom stereocenters. The molecular formula is C26H39F6N3O. The van der Waals surface area contributed by atoms with E-state index in [-0.39, 0.29) is 43.7 Å². The molecule has 4 nitrogen and oxygen atoms in total. The Morgan fingerprint density at radius 1 is 0.944 bits per heavy atom. The fourth-order valence-electron chi connectivity index (χ4n) is 6.35. The van der Waals surface area contributed by atoms with E-state index in [1.54, 1.807) is 11.9 Å². The van der Waals surface area contributed by atoms with Crippen LogP contribution in [0.15, 0.2) is 0 Å². The molecular weight excluding hydrogens is 484 g/mol. The Morgan fingerprint density at radius 2 is 1.50 bits per heavy atom. The first-order valence-corrected chi connectivity index (χ1v) is 13.2. The normalized spacial score (nSPS) is 28.4. The van der Waals surface area contributed by atoms with Crippen LogP contribution in [0.1, 0.15) is 57.8 Å². The van der Waals surface area contributed by atoms with Gasteiger partial charge in [0, 0.05) is 39.8 Å². The van der Waals surface area contributed by atoms with E-state index in [0.717, 1.165) is 45.2 Å². The van der Waals surface area contributed by atoms with E-state index < -0.39 is 36.5 Å². The predicted octanol–water partition coefficient (Wildman–Crippen LogP) is 5.19. The Bertz CT molecular complexity index is 728. The molecule has 0 N–H and O–H groups in total. The summed E-state index contributed by atoms with van der Waals surface area (Å²) in [6.07, 6.45) is -0.0255. The summed E-state index contributed by atoms with van der Waals surface area (Å²) in [5, 5.41) is 0. The number of piperazine rings is 1. The number of nitrogens with zero attached hydrogens (tertiary/aromatic N) is 3. The molecule has 2 saturated carbocycles. The van der Waals surface area contributed by atoms with E-state index in [2.05, 4.69) is 15.7 Å². The third kappa shape index (κ3) is 7.77. The van der Waals surface area contributed by atoms with Crippen LogP contribution in [0.3, 0.4) is 0 Å². The number of hydrogen-bond acceptors (Lipinski definition) is 3. The zero-order chi connectivity index (χ0) is 26.5. The molecule has 1 amide bonds. The number of terminal acetylenes is 1. The molecule has 1 aliphatic heterocycles. The second-order valence-electron chi connectivity index (χ2n) is 11.0. The molecule has 0 aromatic rings. The molecule has 3 aliphatic rings. The van der Waals surface area contributed by atoms with Gasteiger partial charge < -0.3 is 4.90 Å². The molecule has 1 heterocycles. The van der Waals surface area contributed by atoms with Crippen LogP contribution in [-0.2, 0) is 4.79 Å². The summed E-state index contributed by atoms with van der Waals surface area (Å²) in [4.78, 5) is 19.6. The lowest BCUT2D eigenvalue weighted by molar-refractivity contribution is -0.229. The highest BCUT2D eigenvalue weighted by Gasteiger charge is 2.51. The van der Waals surface area contributed by atoms with Crippen LogP contribution in [-0.4, -0.2) is 85.3 Å². The summed E-state index contributed by atoms with van der Waals surface area (Å²) in [5.41, 5.74) is 0. The van der Waals surface area contributed by atoms with E-state index in [1.165, 1.54) is 0 Å². The molecule has 0 spiro atoms. The average Bonchev–Trinajstić information content (AvgIpc) is 2.83. The van der Waals surface area contributed by atoms with Gasteiger partial charge in [0.15, 0.2) is 0 Å². The Balaban J connectivity index is 1.64. The minimum absolute atomic E-state index is 0.0668. The Hall–Kier alpha value is -1.47. The first-order chi connectivity index (χ1) is 16.9. The minimum atomic E-state index is -4.64. The van der Waals surface area contributed by atoms with Crippen LogP contribution < -0.4 is 0 Å². The first kappa shape index (κ1) is 29.1. The van der Waals surface area contributed by atoms with Crippen molar-refractivity contribution in [1.29, 1.82) is 0 Å². The highest BCUT2D eigenvalue weighted by atomic mass is 19.4. The summed E-state index contributed by atoms with van der Waals surface area (Å²) in [6.45, 7) is 3.69. The highest BCUT2D eigenvalue weighted by Crippen LogP contribution is 2.48. The molecule has 0 radical (unpaired) electrons. The smallest absolute Gasteiger partial charge is 0.344 e. The lowest BCUT2D eigenvalue weighted by Gasteiger charge is -2.43. The van der Waals surface area contributed by atoms with Gasteiger partial charge in [-0.15, -0.1) is 6.42 Å². The zero-order valence-electron chi connectivity index (χ0n) is 21.1. The van der Waals surface area contributed by atoms with E-state index in [9.17, 15) is 31.1 Å². The number of alkyl halides is 6. The Morgan fingerprint density at radius 3 is 2.00 bits per heavy atom. The number of amides is 1. The molecule has 0 aromatic heterocycles. The summed E-state index contributed by atoms with van der Waals surface area (Å²) in [6, 6.07) is -0.305. The molecule has 1 saturated heterocycles. The maximum absolute atomic E-state index is 13.6. The van der Waals surface area contributed by atoms with E-state index in [4.69, 9.17) is 6.42 Å². The van der Waals surface area contributed by atoms with Crippen molar-refractivity contribution < 1.29 is 31.1 Å². The van der Waals surface area contributed by atoms with Crippen molar-refractivity contribution in [2.75, 3.05) is 46.3 Å². The number of likely N-dealkylation sites (N-methyl/N-ethyl adjacent to an activating group) is 1. The second-order valence-corrected chi connectivity index (χ2v) is 11.0. The van der Waals surface area contributed by atoms with Gasteiger partial charge >= 0.3 is 12.4 Å². The summed E-state index contributed by atoms with van der Waals surface area (Å²) >= 11 is 0. The summed E-state index contributed by atoms with van der Waals surface area (Å²) in [5.74, 6) is -1.81. The maximum atomic E-state index is 13.6. The zero-order valence-corrected chi connectivity index (χ0v) is 21.1. The standard InChI is InChI=1S/C26H39F6N3O/c1-3-10-34-12-14-35(15-13-34)23(20-7-5-4-6-8-20)24(36)33(2)11-9-19-16-21(25(27,28)29)18-22(17-19)26(30,31)32/h1,19-23H,4-18H2,2H3. The second kappa shape index (κ2) is 12.4. The molecule has 3 atom stereocenters. The van der Waals surface area contributed by atoms with Gasteiger partial charge in [-0.2, -0.15) is 26.3 Å². The van der Waals surface area contributed by atoms with Crippen molar-refractivity contribution in [3.05, 3.63) is 0 Å². The maximum Gasteiger partial charge on any atom is 0.391 e. The Kier molecular flexibility index (Phi) is 10.0. The van der Waals surface area contributed by atoms with Crippen LogP contribution in [0.25, 0.3) is 0 Å². The van der Waals surface area contributed by atoms with Gasteiger partial charge in [-0.25, -0.2) is 0 Å². The van der Waals surface area contributed by atoms with Crippen LogP contribution >= 0.6 is 0 Å². The Labute approximate surface area is 210 Å². The molecule has 0 aromatic carbocycles. The van der Waals surface area contributed by atoms with E-state index >= 15 is 0 Å². The van der Waals surface area contributed by atoms with Gasteiger partial charge in [0.1, 0.15) is 0 Å². The SMILES string of the molecule is C#CCN1CCN(C(C(=O)N(C)CCC2CC(C(F)(F)F)CC(C(F)(F)F)C2)C2CCCCC2)CC1. The van der Waals surface area contributed by atoms with E-state index in [1.807, 2.05) is 0 Å². The van der Waals surface area contributed by atoms with Crippen molar-refractivity contribution in [1.82, 2.24) is 14.7 Å². The van der Waals surface area contributed by atoms with Crippen molar-refractivity contribution in [2.45, 2.75) is 76.2 Å². The molecule has 3 rings (SSSR count). The van der Waals surface area contributed by atoms with Crippen LogP contribution in [0.5, 0.6) is 0 Å². The molecule has 3 fully saturated rings.